The highest BCUT2D eigenvalue weighted by Gasteiger charge is 1.93. The van der Waals surface area contributed by atoms with Crippen molar-refractivity contribution in [3.63, 3.8) is 0 Å². The van der Waals surface area contributed by atoms with E-state index in [1.807, 2.05) is 25.1 Å². The fourth-order valence-corrected chi connectivity index (χ4v) is 0.914. The van der Waals surface area contributed by atoms with Crippen LogP contribution in [0.2, 0.25) is 0 Å². The van der Waals surface area contributed by atoms with Gasteiger partial charge in [0.05, 0.1) is 0 Å². The van der Waals surface area contributed by atoms with Gasteiger partial charge >= 0.3 is 0 Å². The molecule has 1 aromatic carbocycles. The highest BCUT2D eigenvalue weighted by atomic mass is 16.3. The molecule has 0 radical (unpaired) electrons. The van der Waals surface area contributed by atoms with Gasteiger partial charge in [0.25, 0.3) is 0 Å². The van der Waals surface area contributed by atoms with Gasteiger partial charge in [0.15, 0.2) is 0 Å². The molecule has 0 heterocycles. The summed E-state index contributed by atoms with van der Waals surface area (Å²) >= 11 is 0. The normalized spacial score (nSPS) is 11.2. The van der Waals surface area contributed by atoms with Crippen LogP contribution >= 0.6 is 0 Å². The number of rotatable bonds is 2. The number of hydrogen-bond acceptors (Lipinski definition) is 1. The van der Waals surface area contributed by atoms with Gasteiger partial charge in [0.1, 0.15) is 5.75 Å². The summed E-state index contributed by atoms with van der Waals surface area (Å²) in [6, 6.07) is 7.22. The minimum atomic E-state index is 0.304. The summed E-state index contributed by atoms with van der Waals surface area (Å²) in [4.78, 5) is 0. The van der Waals surface area contributed by atoms with E-state index >= 15 is 0 Å². The Morgan fingerprint density at radius 1 is 1.42 bits per heavy atom. The number of phenolic OH excluding ortho intramolecular Hbond substituents is 1. The lowest BCUT2D eigenvalue weighted by Crippen LogP contribution is -1.74. The van der Waals surface area contributed by atoms with Gasteiger partial charge in [-0.15, -0.1) is 0 Å². The van der Waals surface area contributed by atoms with E-state index in [9.17, 15) is 5.11 Å². The van der Waals surface area contributed by atoms with Crippen molar-refractivity contribution in [2.24, 2.45) is 0 Å². The Bertz CT molecular complexity index is 311. The highest BCUT2D eigenvalue weighted by molar-refractivity contribution is 5.60. The van der Waals surface area contributed by atoms with Crippen LogP contribution in [0.15, 0.2) is 42.5 Å². The average Bonchev–Trinajstić information content (AvgIpc) is 2.09. The van der Waals surface area contributed by atoms with Crippen LogP contribution in [-0.4, -0.2) is 5.11 Å². The first-order valence-corrected chi connectivity index (χ1v) is 3.83. The molecule has 0 saturated heterocycles. The van der Waals surface area contributed by atoms with Crippen LogP contribution in [0.5, 0.6) is 5.75 Å². The van der Waals surface area contributed by atoms with Crippen molar-refractivity contribution in [3.05, 3.63) is 48.1 Å². The van der Waals surface area contributed by atoms with E-state index in [0.29, 0.717) is 5.75 Å². The van der Waals surface area contributed by atoms with E-state index in [1.54, 1.807) is 18.2 Å². The van der Waals surface area contributed by atoms with Crippen LogP contribution in [0.1, 0.15) is 12.5 Å². The van der Waals surface area contributed by atoms with Crippen molar-refractivity contribution in [3.8, 4) is 5.75 Å². The van der Waals surface area contributed by atoms with Crippen LogP contribution in [0.25, 0.3) is 6.08 Å². The van der Waals surface area contributed by atoms with E-state index in [-0.39, 0.29) is 0 Å². The van der Waals surface area contributed by atoms with Crippen molar-refractivity contribution >= 4 is 6.08 Å². The lowest BCUT2D eigenvalue weighted by Gasteiger charge is -1.98. The Morgan fingerprint density at radius 3 is 2.67 bits per heavy atom. The fourth-order valence-electron chi connectivity index (χ4n) is 0.914. The molecule has 0 fully saturated rings. The Balaban J connectivity index is 3.04. The molecule has 62 valence electrons. The molecule has 0 aliphatic carbocycles. The number of benzene rings is 1. The number of hydrogen-bond donors (Lipinski definition) is 1. The van der Waals surface area contributed by atoms with E-state index in [0.717, 1.165) is 11.1 Å². The zero-order chi connectivity index (χ0) is 8.97. The summed E-state index contributed by atoms with van der Waals surface area (Å²) in [6.07, 6.45) is 3.65. The molecule has 0 aliphatic rings. The fraction of sp³-hybridized carbons (Fsp3) is 0.0909. The number of phenols is 1. The maximum atomic E-state index is 9.38. The number of allylic oxidation sites excluding steroid dienone is 2. The molecule has 0 unspecified atom stereocenters. The third-order valence-electron chi connectivity index (χ3n) is 1.64. The summed E-state index contributed by atoms with van der Waals surface area (Å²) < 4.78 is 0. The van der Waals surface area contributed by atoms with Gasteiger partial charge in [-0.05, 0) is 19.1 Å². The molecular formula is C11H12O. The molecule has 0 atom stereocenters. The molecule has 1 N–H and O–H groups in total. The van der Waals surface area contributed by atoms with Crippen molar-refractivity contribution in [2.75, 3.05) is 0 Å². The zero-order valence-electron chi connectivity index (χ0n) is 7.12. The Kier molecular flexibility index (Phi) is 2.70. The van der Waals surface area contributed by atoms with Gasteiger partial charge in [0, 0.05) is 5.56 Å². The third kappa shape index (κ3) is 1.99. The number of aromatic hydroxyl groups is 1. The van der Waals surface area contributed by atoms with Crippen LogP contribution in [0, 0.1) is 0 Å². The summed E-state index contributed by atoms with van der Waals surface area (Å²) in [5, 5.41) is 9.38. The van der Waals surface area contributed by atoms with E-state index < -0.39 is 0 Å². The minimum Gasteiger partial charge on any atom is -0.507 e. The van der Waals surface area contributed by atoms with Crippen LogP contribution < -0.4 is 0 Å². The predicted molar refractivity (Wildman–Crippen MR) is 52.0 cm³/mol. The number of para-hydroxylation sites is 1. The topological polar surface area (TPSA) is 20.2 Å². The van der Waals surface area contributed by atoms with E-state index in [2.05, 4.69) is 6.58 Å². The highest BCUT2D eigenvalue weighted by Crippen LogP contribution is 2.18. The summed E-state index contributed by atoms with van der Waals surface area (Å²) in [5.74, 6) is 0.304. The minimum absolute atomic E-state index is 0.304. The van der Waals surface area contributed by atoms with Crippen LogP contribution in [-0.2, 0) is 0 Å². The van der Waals surface area contributed by atoms with Gasteiger partial charge in [-0.1, -0.05) is 36.4 Å². The maximum absolute atomic E-state index is 9.38. The second-order valence-corrected chi connectivity index (χ2v) is 2.65. The van der Waals surface area contributed by atoms with Gasteiger partial charge < -0.3 is 5.11 Å². The van der Waals surface area contributed by atoms with Gasteiger partial charge in [-0.25, -0.2) is 0 Å². The predicted octanol–water partition coefficient (Wildman–Crippen LogP) is 2.98. The second-order valence-electron chi connectivity index (χ2n) is 2.65. The Morgan fingerprint density at radius 2 is 2.08 bits per heavy atom. The van der Waals surface area contributed by atoms with E-state index in [4.69, 9.17) is 0 Å². The quantitative estimate of drug-likeness (QED) is 0.659. The lowest BCUT2D eigenvalue weighted by atomic mass is 10.1. The van der Waals surface area contributed by atoms with Crippen LogP contribution in [0.3, 0.4) is 0 Å². The molecule has 0 aliphatic heterocycles. The van der Waals surface area contributed by atoms with Crippen molar-refractivity contribution in [1.82, 2.24) is 0 Å². The van der Waals surface area contributed by atoms with E-state index in [1.165, 1.54) is 0 Å². The zero-order valence-corrected chi connectivity index (χ0v) is 7.12. The first kappa shape index (κ1) is 8.60. The molecule has 1 rings (SSSR count). The van der Waals surface area contributed by atoms with Gasteiger partial charge in [-0.2, -0.15) is 0 Å². The molecule has 0 spiro atoms. The maximum Gasteiger partial charge on any atom is 0.122 e. The Labute approximate surface area is 72.7 Å². The molecule has 1 nitrogen and oxygen atoms in total. The van der Waals surface area contributed by atoms with Crippen molar-refractivity contribution in [2.45, 2.75) is 6.92 Å². The smallest absolute Gasteiger partial charge is 0.122 e. The molecular weight excluding hydrogens is 148 g/mol. The second kappa shape index (κ2) is 3.77. The first-order chi connectivity index (χ1) is 5.74. The standard InChI is InChI=1S/C11H12O/c1-3-9(2)8-10-6-4-5-7-11(10)12/h3-8,12H,1H2,2H3/b9-8+. The molecule has 1 aromatic rings. The average molecular weight is 160 g/mol. The summed E-state index contributed by atoms with van der Waals surface area (Å²) in [6.45, 7) is 5.58. The largest absolute Gasteiger partial charge is 0.507 e. The summed E-state index contributed by atoms with van der Waals surface area (Å²) in [5.41, 5.74) is 1.87. The van der Waals surface area contributed by atoms with Gasteiger partial charge in [0.2, 0.25) is 0 Å². The molecule has 0 saturated carbocycles. The molecule has 1 heteroatoms. The Hall–Kier alpha value is -1.50. The summed E-state index contributed by atoms with van der Waals surface area (Å²) in [7, 11) is 0. The first-order valence-electron chi connectivity index (χ1n) is 3.83. The van der Waals surface area contributed by atoms with Crippen molar-refractivity contribution in [1.29, 1.82) is 0 Å². The molecule has 12 heavy (non-hydrogen) atoms. The molecule has 0 bridgehead atoms. The molecule has 0 amide bonds. The van der Waals surface area contributed by atoms with Gasteiger partial charge in [-0.3, -0.25) is 0 Å². The van der Waals surface area contributed by atoms with Crippen LogP contribution in [0.4, 0.5) is 0 Å². The third-order valence-corrected chi connectivity index (χ3v) is 1.64. The van der Waals surface area contributed by atoms with Crippen molar-refractivity contribution < 1.29 is 5.11 Å². The monoisotopic (exact) mass is 160 g/mol. The molecule has 0 aromatic heterocycles. The SMILES string of the molecule is C=C/C(C)=C/c1ccccc1O. The lowest BCUT2D eigenvalue weighted by molar-refractivity contribution is 0.474.